The maximum atomic E-state index is 6.01. The van der Waals surface area contributed by atoms with E-state index in [1.807, 2.05) is 6.92 Å². The number of aryl methyl sites for hydroxylation is 1. The fourth-order valence-electron chi connectivity index (χ4n) is 2.53. The molecule has 1 aliphatic carbocycles. The van der Waals surface area contributed by atoms with Gasteiger partial charge in [-0.1, -0.05) is 12.5 Å². The standard InChI is InChI=1S/C14H19N3/c1-9-6-7-12-13(10(2)15)16-14(17(12)8-9)11-4-3-5-11/h6-8,10-11H,3-5,15H2,1-2H3. The first-order valence-corrected chi connectivity index (χ1v) is 6.41. The van der Waals surface area contributed by atoms with Crippen molar-refractivity contribution < 1.29 is 0 Å². The van der Waals surface area contributed by atoms with Crippen LogP contribution in [0.4, 0.5) is 0 Å². The number of nitrogens with zero attached hydrogens (tertiary/aromatic N) is 2. The molecule has 0 bridgehead atoms. The second kappa shape index (κ2) is 3.84. The van der Waals surface area contributed by atoms with E-state index in [9.17, 15) is 0 Å². The molecule has 3 nitrogen and oxygen atoms in total. The molecule has 2 N–H and O–H groups in total. The molecule has 1 fully saturated rings. The number of fused-ring (bicyclic) bond motifs is 1. The monoisotopic (exact) mass is 229 g/mol. The minimum atomic E-state index is 0.00142. The average molecular weight is 229 g/mol. The second-order valence-corrected chi connectivity index (χ2v) is 5.23. The number of hydrogen-bond donors (Lipinski definition) is 1. The summed E-state index contributed by atoms with van der Waals surface area (Å²) >= 11 is 0. The van der Waals surface area contributed by atoms with E-state index in [0.29, 0.717) is 5.92 Å². The summed E-state index contributed by atoms with van der Waals surface area (Å²) in [6, 6.07) is 4.28. The van der Waals surface area contributed by atoms with Crippen molar-refractivity contribution in [2.24, 2.45) is 5.73 Å². The molecule has 0 aliphatic heterocycles. The first-order chi connectivity index (χ1) is 8.16. The van der Waals surface area contributed by atoms with Crippen molar-refractivity contribution >= 4 is 5.52 Å². The highest BCUT2D eigenvalue weighted by atomic mass is 15.0. The Labute approximate surface area is 102 Å². The lowest BCUT2D eigenvalue weighted by molar-refractivity contribution is 0.399. The molecule has 0 aromatic carbocycles. The molecule has 0 amide bonds. The van der Waals surface area contributed by atoms with Gasteiger partial charge in [0.1, 0.15) is 5.82 Å². The van der Waals surface area contributed by atoms with Crippen molar-refractivity contribution in [2.45, 2.75) is 45.1 Å². The van der Waals surface area contributed by atoms with Crippen LogP contribution in [0.5, 0.6) is 0 Å². The first-order valence-electron chi connectivity index (χ1n) is 6.41. The smallest absolute Gasteiger partial charge is 0.116 e. The zero-order chi connectivity index (χ0) is 12.0. The fraction of sp³-hybridized carbons (Fsp3) is 0.500. The van der Waals surface area contributed by atoms with E-state index in [0.717, 1.165) is 5.69 Å². The molecule has 1 atom stereocenters. The summed E-state index contributed by atoms with van der Waals surface area (Å²) in [5.41, 5.74) is 9.49. The van der Waals surface area contributed by atoms with E-state index in [1.165, 1.54) is 36.2 Å². The Morgan fingerprint density at radius 2 is 2.18 bits per heavy atom. The summed E-state index contributed by atoms with van der Waals surface area (Å²) in [5, 5.41) is 0. The van der Waals surface area contributed by atoms with E-state index in [-0.39, 0.29) is 6.04 Å². The normalized spacial score (nSPS) is 18.3. The van der Waals surface area contributed by atoms with Gasteiger partial charge in [0, 0.05) is 18.2 Å². The average Bonchev–Trinajstić information content (AvgIpc) is 2.55. The molecule has 3 rings (SSSR count). The van der Waals surface area contributed by atoms with Gasteiger partial charge in [-0.15, -0.1) is 0 Å². The van der Waals surface area contributed by atoms with Gasteiger partial charge >= 0.3 is 0 Å². The van der Waals surface area contributed by atoms with Crippen molar-refractivity contribution in [1.29, 1.82) is 0 Å². The molecular weight excluding hydrogens is 210 g/mol. The number of aromatic nitrogens is 2. The number of imidazole rings is 1. The van der Waals surface area contributed by atoms with E-state index < -0.39 is 0 Å². The molecule has 0 spiro atoms. The molecule has 17 heavy (non-hydrogen) atoms. The summed E-state index contributed by atoms with van der Waals surface area (Å²) in [6.07, 6.45) is 6.05. The molecular formula is C14H19N3. The van der Waals surface area contributed by atoms with Gasteiger partial charge in [-0.05, 0) is 38.3 Å². The molecule has 3 heteroatoms. The molecule has 2 aromatic rings. The lowest BCUT2D eigenvalue weighted by atomic mass is 9.85. The maximum absolute atomic E-state index is 6.01. The van der Waals surface area contributed by atoms with Crippen molar-refractivity contribution in [1.82, 2.24) is 9.38 Å². The van der Waals surface area contributed by atoms with Gasteiger partial charge in [-0.25, -0.2) is 4.98 Å². The third-order valence-electron chi connectivity index (χ3n) is 3.74. The predicted octanol–water partition coefficient (Wildman–Crippen LogP) is 2.93. The number of pyridine rings is 1. The van der Waals surface area contributed by atoms with Crippen LogP contribution in [0, 0.1) is 6.92 Å². The topological polar surface area (TPSA) is 43.3 Å². The van der Waals surface area contributed by atoms with Gasteiger partial charge in [0.2, 0.25) is 0 Å². The number of hydrogen-bond acceptors (Lipinski definition) is 2. The Morgan fingerprint density at radius 3 is 2.76 bits per heavy atom. The third-order valence-corrected chi connectivity index (χ3v) is 3.74. The first kappa shape index (κ1) is 10.8. The lowest BCUT2D eigenvalue weighted by Crippen LogP contribution is -2.12. The summed E-state index contributed by atoms with van der Waals surface area (Å²) in [5.74, 6) is 1.85. The minimum Gasteiger partial charge on any atom is -0.323 e. The highest BCUT2D eigenvalue weighted by molar-refractivity contribution is 5.55. The van der Waals surface area contributed by atoms with Crippen LogP contribution in [0.3, 0.4) is 0 Å². The predicted molar refractivity (Wildman–Crippen MR) is 69.1 cm³/mol. The molecule has 1 saturated carbocycles. The van der Waals surface area contributed by atoms with Crippen molar-refractivity contribution in [2.75, 3.05) is 0 Å². The van der Waals surface area contributed by atoms with Crippen LogP contribution in [0.25, 0.3) is 5.52 Å². The van der Waals surface area contributed by atoms with Gasteiger partial charge in [0.05, 0.1) is 11.2 Å². The molecule has 2 aromatic heterocycles. The Kier molecular flexibility index (Phi) is 2.44. The molecule has 1 unspecified atom stereocenters. The minimum absolute atomic E-state index is 0.00142. The van der Waals surface area contributed by atoms with Crippen molar-refractivity contribution in [3.63, 3.8) is 0 Å². The SMILES string of the molecule is Cc1ccc2c(C(C)N)nc(C3CCC3)n2c1. The molecule has 1 aliphatic rings. The van der Waals surface area contributed by atoms with Crippen LogP contribution < -0.4 is 5.73 Å². The Morgan fingerprint density at radius 1 is 1.41 bits per heavy atom. The summed E-state index contributed by atoms with van der Waals surface area (Å²) in [6.45, 7) is 4.13. The van der Waals surface area contributed by atoms with Gasteiger partial charge in [0.25, 0.3) is 0 Å². The maximum Gasteiger partial charge on any atom is 0.116 e. The van der Waals surface area contributed by atoms with Crippen molar-refractivity contribution in [3.8, 4) is 0 Å². The fourth-order valence-corrected chi connectivity index (χ4v) is 2.53. The van der Waals surface area contributed by atoms with Crippen molar-refractivity contribution in [3.05, 3.63) is 35.4 Å². The highest BCUT2D eigenvalue weighted by Crippen LogP contribution is 2.37. The molecule has 0 saturated heterocycles. The zero-order valence-corrected chi connectivity index (χ0v) is 10.5. The quantitative estimate of drug-likeness (QED) is 0.860. The number of rotatable bonds is 2. The zero-order valence-electron chi connectivity index (χ0n) is 10.5. The Hall–Kier alpha value is -1.35. The molecule has 90 valence electrons. The lowest BCUT2D eigenvalue weighted by Gasteiger charge is -2.24. The van der Waals surface area contributed by atoms with Crippen LogP contribution in [0.1, 0.15) is 55.2 Å². The van der Waals surface area contributed by atoms with Crippen LogP contribution in [0.15, 0.2) is 18.3 Å². The second-order valence-electron chi connectivity index (χ2n) is 5.23. The highest BCUT2D eigenvalue weighted by Gasteiger charge is 2.26. The van der Waals surface area contributed by atoms with Crippen LogP contribution in [0.2, 0.25) is 0 Å². The van der Waals surface area contributed by atoms with E-state index in [2.05, 4.69) is 29.7 Å². The third kappa shape index (κ3) is 1.65. The Bertz CT molecular complexity index is 550. The largest absolute Gasteiger partial charge is 0.323 e. The van der Waals surface area contributed by atoms with E-state index >= 15 is 0 Å². The van der Waals surface area contributed by atoms with Crippen LogP contribution in [-0.4, -0.2) is 9.38 Å². The van der Waals surface area contributed by atoms with Gasteiger partial charge in [0.15, 0.2) is 0 Å². The molecule has 2 heterocycles. The van der Waals surface area contributed by atoms with Crippen LogP contribution in [-0.2, 0) is 0 Å². The summed E-state index contributed by atoms with van der Waals surface area (Å²) in [4.78, 5) is 4.79. The Balaban J connectivity index is 2.22. The van der Waals surface area contributed by atoms with Crippen LogP contribution >= 0.6 is 0 Å². The molecule has 0 radical (unpaired) electrons. The number of nitrogens with two attached hydrogens (primary N) is 1. The van der Waals surface area contributed by atoms with E-state index in [4.69, 9.17) is 10.7 Å². The summed E-state index contributed by atoms with van der Waals surface area (Å²) in [7, 11) is 0. The summed E-state index contributed by atoms with van der Waals surface area (Å²) < 4.78 is 2.25. The van der Waals surface area contributed by atoms with E-state index in [1.54, 1.807) is 0 Å². The van der Waals surface area contributed by atoms with Gasteiger partial charge in [-0.3, -0.25) is 0 Å². The van der Waals surface area contributed by atoms with Gasteiger partial charge in [-0.2, -0.15) is 0 Å². The van der Waals surface area contributed by atoms with Gasteiger partial charge < -0.3 is 10.1 Å².